The number of carbonyl (C=O) groups is 2. The minimum absolute atomic E-state index is 0.00556. The third-order valence-corrected chi connectivity index (χ3v) is 4.54. The van der Waals surface area contributed by atoms with E-state index >= 15 is 0 Å². The Morgan fingerprint density at radius 2 is 2.04 bits per heavy atom. The molecular weight excluding hydrogens is 350 g/mol. The van der Waals surface area contributed by atoms with Crippen molar-refractivity contribution in [3.63, 3.8) is 0 Å². The molecule has 0 aromatic heterocycles. The molecule has 9 nitrogen and oxygen atoms in total. The monoisotopic (exact) mass is 369 g/mol. The Hall–Kier alpha value is -2.46. The summed E-state index contributed by atoms with van der Waals surface area (Å²) >= 11 is 0. The van der Waals surface area contributed by atoms with Gasteiger partial charge in [-0.05, 0) is 38.0 Å². The van der Waals surface area contributed by atoms with Crippen LogP contribution >= 0.6 is 0 Å². The van der Waals surface area contributed by atoms with Gasteiger partial charge in [-0.3, -0.25) is 14.8 Å². The lowest BCUT2D eigenvalue weighted by Crippen LogP contribution is -2.26. The highest BCUT2D eigenvalue weighted by Crippen LogP contribution is 2.35. The number of hydrogen-bond donors (Lipinski definition) is 2. The number of esters is 1. The predicted octanol–water partition coefficient (Wildman–Crippen LogP) is 1.19. The first-order valence-electron chi connectivity index (χ1n) is 7.55. The van der Waals surface area contributed by atoms with Gasteiger partial charge < -0.3 is 9.64 Å². The van der Waals surface area contributed by atoms with Gasteiger partial charge in [-0.2, -0.15) is 13.5 Å². The molecule has 1 aromatic rings. The number of fused-ring (bicyclic) bond motifs is 1. The van der Waals surface area contributed by atoms with Gasteiger partial charge in [-0.1, -0.05) is 0 Å². The number of benzene rings is 1. The fourth-order valence-electron chi connectivity index (χ4n) is 2.47. The standard InChI is InChI=1S/C15H19N3O6S/c1-4-24-15(20)9(2)16-17-12-7-11-5-6-18(10(3)19)13(11)8-14(12)25(21,22)23/h7-8,17H,4-6H2,1-3H3,(H,21,22,23)/b16-9+. The van der Waals surface area contributed by atoms with Gasteiger partial charge in [-0.15, -0.1) is 0 Å². The molecule has 1 aliphatic rings. The molecule has 2 N–H and O–H groups in total. The maximum absolute atomic E-state index is 11.7. The highest BCUT2D eigenvalue weighted by molar-refractivity contribution is 7.86. The lowest BCUT2D eigenvalue weighted by Gasteiger charge is -2.16. The van der Waals surface area contributed by atoms with Crippen LogP contribution in [-0.4, -0.2) is 43.7 Å². The Bertz CT molecular complexity index is 847. The number of nitrogens with one attached hydrogen (secondary N) is 1. The van der Waals surface area contributed by atoms with Crippen LogP contribution in [0.3, 0.4) is 0 Å². The largest absolute Gasteiger partial charge is 0.461 e. The summed E-state index contributed by atoms with van der Waals surface area (Å²) in [5.74, 6) is -0.871. The summed E-state index contributed by atoms with van der Waals surface area (Å²) in [6.07, 6.45) is 0.538. The van der Waals surface area contributed by atoms with Crippen molar-refractivity contribution in [3.8, 4) is 0 Å². The summed E-state index contributed by atoms with van der Waals surface area (Å²) in [6.45, 7) is 5.03. The summed E-state index contributed by atoms with van der Waals surface area (Å²) < 4.78 is 37.6. The Morgan fingerprint density at radius 1 is 1.36 bits per heavy atom. The molecule has 25 heavy (non-hydrogen) atoms. The quantitative estimate of drug-likeness (QED) is 0.346. The van der Waals surface area contributed by atoms with Crippen LogP contribution < -0.4 is 10.3 Å². The molecule has 0 unspecified atom stereocenters. The van der Waals surface area contributed by atoms with E-state index in [-0.39, 0.29) is 23.9 Å². The molecule has 0 bridgehead atoms. The van der Waals surface area contributed by atoms with Crippen molar-refractivity contribution >= 4 is 39.1 Å². The molecule has 0 atom stereocenters. The van der Waals surface area contributed by atoms with Crippen LogP contribution in [-0.2, 0) is 30.9 Å². The molecular formula is C15H19N3O6S. The summed E-state index contributed by atoms with van der Waals surface area (Å²) in [7, 11) is -4.57. The van der Waals surface area contributed by atoms with Crippen LogP contribution in [0.4, 0.5) is 11.4 Å². The number of ether oxygens (including phenoxy) is 1. The van der Waals surface area contributed by atoms with Crippen LogP contribution in [0.25, 0.3) is 0 Å². The van der Waals surface area contributed by atoms with Crippen LogP contribution in [0, 0.1) is 0 Å². The van der Waals surface area contributed by atoms with Gasteiger partial charge in [0.1, 0.15) is 10.6 Å². The van der Waals surface area contributed by atoms with Crippen molar-refractivity contribution < 1.29 is 27.3 Å². The molecule has 136 valence electrons. The van der Waals surface area contributed by atoms with E-state index in [1.54, 1.807) is 6.92 Å². The maximum atomic E-state index is 11.7. The molecule has 0 saturated heterocycles. The Kier molecular flexibility index (Phi) is 5.43. The molecule has 0 spiro atoms. The molecule has 0 radical (unpaired) electrons. The molecule has 1 aromatic carbocycles. The van der Waals surface area contributed by atoms with Crippen molar-refractivity contribution in [2.24, 2.45) is 5.10 Å². The first-order chi connectivity index (χ1) is 11.6. The fraction of sp³-hybridized carbons (Fsp3) is 0.400. The third kappa shape index (κ3) is 4.15. The zero-order chi connectivity index (χ0) is 18.8. The molecule has 1 aliphatic heterocycles. The van der Waals surface area contributed by atoms with Crippen LogP contribution in [0.2, 0.25) is 0 Å². The summed E-state index contributed by atoms with van der Waals surface area (Å²) in [4.78, 5) is 24.2. The molecule has 10 heteroatoms. The molecule has 1 amide bonds. The van der Waals surface area contributed by atoms with E-state index < -0.39 is 21.0 Å². The third-order valence-electron chi connectivity index (χ3n) is 3.65. The number of nitrogens with zero attached hydrogens (tertiary/aromatic N) is 2. The molecule has 0 fully saturated rings. The van der Waals surface area contributed by atoms with Crippen LogP contribution in [0.15, 0.2) is 22.1 Å². The van der Waals surface area contributed by atoms with E-state index in [4.69, 9.17) is 4.74 Å². The van der Waals surface area contributed by atoms with Gasteiger partial charge in [-0.25, -0.2) is 4.79 Å². The number of carbonyl (C=O) groups excluding carboxylic acids is 2. The molecule has 0 aliphatic carbocycles. The minimum atomic E-state index is -4.57. The number of amides is 1. The highest BCUT2D eigenvalue weighted by Gasteiger charge is 2.27. The Morgan fingerprint density at radius 3 is 2.60 bits per heavy atom. The molecule has 1 heterocycles. The number of rotatable bonds is 5. The van der Waals surface area contributed by atoms with Crippen LogP contribution in [0.5, 0.6) is 0 Å². The highest BCUT2D eigenvalue weighted by atomic mass is 32.2. The van der Waals surface area contributed by atoms with Crippen molar-refractivity contribution in [1.29, 1.82) is 0 Å². The average molecular weight is 369 g/mol. The van der Waals surface area contributed by atoms with Gasteiger partial charge in [0.2, 0.25) is 5.91 Å². The summed E-state index contributed by atoms with van der Waals surface area (Å²) in [6, 6.07) is 2.71. The van der Waals surface area contributed by atoms with Crippen molar-refractivity contribution in [2.75, 3.05) is 23.5 Å². The first-order valence-corrected chi connectivity index (χ1v) is 8.99. The SMILES string of the molecule is CCOC(=O)/C(C)=N/Nc1cc2c(cc1S(=O)(=O)O)N(C(C)=O)CC2. The lowest BCUT2D eigenvalue weighted by atomic mass is 10.1. The zero-order valence-corrected chi connectivity index (χ0v) is 14.9. The van der Waals surface area contributed by atoms with E-state index in [9.17, 15) is 22.6 Å². The van der Waals surface area contributed by atoms with E-state index in [2.05, 4.69) is 10.5 Å². The van der Waals surface area contributed by atoms with Gasteiger partial charge >= 0.3 is 5.97 Å². The summed E-state index contributed by atoms with van der Waals surface area (Å²) in [5.41, 5.74) is 3.64. The van der Waals surface area contributed by atoms with Crippen molar-refractivity contribution in [3.05, 3.63) is 17.7 Å². The average Bonchev–Trinajstić information content (AvgIpc) is 2.94. The first kappa shape index (κ1) is 18.9. The van der Waals surface area contributed by atoms with Gasteiger partial charge in [0.05, 0.1) is 12.3 Å². The molecule has 2 rings (SSSR count). The minimum Gasteiger partial charge on any atom is -0.461 e. The smallest absolute Gasteiger partial charge is 0.354 e. The number of anilines is 2. The number of hydrazone groups is 1. The Balaban J connectivity index is 2.44. The Labute approximate surface area is 145 Å². The van der Waals surface area contributed by atoms with E-state index in [0.717, 1.165) is 5.56 Å². The summed E-state index contributed by atoms with van der Waals surface area (Å²) in [5, 5.41) is 3.80. The van der Waals surface area contributed by atoms with Gasteiger partial charge in [0.25, 0.3) is 10.1 Å². The normalized spacial score (nSPS) is 14.2. The van der Waals surface area contributed by atoms with Gasteiger partial charge in [0, 0.05) is 19.2 Å². The van der Waals surface area contributed by atoms with Gasteiger partial charge in [0.15, 0.2) is 0 Å². The van der Waals surface area contributed by atoms with Crippen molar-refractivity contribution in [1.82, 2.24) is 0 Å². The second-order valence-electron chi connectivity index (χ2n) is 5.40. The topological polar surface area (TPSA) is 125 Å². The van der Waals surface area contributed by atoms with Crippen molar-refractivity contribution in [2.45, 2.75) is 32.1 Å². The molecule has 0 saturated carbocycles. The van der Waals surface area contributed by atoms with E-state index in [0.29, 0.717) is 18.7 Å². The maximum Gasteiger partial charge on any atom is 0.354 e. The second kappa shape index (κ2) is 7.19. The second-order valence-corrected chi connectivity index (χ2v) is 6.79. The predicted molar refractivity (Wildman–Crippen MR) is 91.4 cm³/mol. The fourth-order valence-corrected chi connectivity index (χ4v) is 3.11. The number of hydrogen-bond acceptors (Lipinski definition) is 7. The zero-order valence-electron chi connectivity index (χ0n) is 14.1. The van der Waals surface area contributed by atoms with E-state index in [1.807, 2.05) is 0 Å². The van der Waals surface area contributed by atoms with E-state index in [1.165, 1.54) is 30.9 Å². The lowest BCUT2D eigenvalue weighted by molar-refractivity contribution is -0.135. The van der Waals surface area contributed by atoms with Crippen LogP contribution in [0.1, 0.15) is 26.3 Å².